The predicted octanol–water partition coefficient (Wildman–Crippen LogP) is 3.42. The van der Waals surface area contributed by atoms with E-state index in [2.05, 4.69) is 44.0 Å². The van der Waals surface area contributed by atoms with Gasteiger partial charge in [-0.2, -0.15) is 0 Å². The maximum Gasteiger partial charge on any atom is 0.254 e. The Morgan fingerprint density at radius 3 is 2.39 bits per heavy atom. The number of aromatic nitrogens is 2. The number of carbonyl (C=O) groups excluding carboxylic acids is 1. The monoisotopic (exact) mass is 485 g/mol. The number of fused-ring (bicyclic) bond motifs is 1. The fraction of sp³-hybridized carbons (Fsp3) is 0.286. The molecule has 0 atom stereocenters. The number of imidazole rings is 1. The van der Waals surface area contributed by atoms with Crippen molar-refractivity contribution in [2.75, 3.05) is 58.3 Å². The minimum absolute atomic E-state index is 0.0114. The first-order valence-corrected chi connectivity index (χ1v) is 12.2. The minimum Gasteiger partial charge on any atom is -0.507 e. The zero-order chi connectivity index (χ0) is 25.2. The summed E-state index contributed by atoms with van der Waals surface area (Å²) in [7, 11) is 4.01. The average molecular weight is 486 g/mol. The number of nitrogens with one attached hydrogen (secondary N) is 1. The molecule has 2 heterocycles. The van der Waals surface area contributed by atoms with Crippen molar-refractivity contribution >= 4 is 22.6 Å². The summed E-state index contributed by atoms with van der Waals surface area (Å²) in [5, 5.41) is 19.7. The van der Waals surface area contributed by atoms with Gasteiger partial charge in [0.1, 0.15) is 11.6 Å². The van der Waals surface area contributed by atoms with Crippen LogP contribution in [0.2, 0.25) is 0 Å². The van der Waals surface area contributed by atoms with Crippen molar-refractivity contribution < 1.29 is 15.0 Å². The number of amides is 1. The van der Waals surface area contributed by atoms with Gasteiger partial charge in [0.05, 0.1) is 23.2 Å². The molecule has 8 heteroatoms. The number of nitrogens with zero attached hydrogens (tertiary/aromatic N) is 4. The maximum absolute atomic E-state index is 13.1. The SMILES string of the molecule is CN(C)c1ccc(-c2ccc(O)c(-c3nc4ccc(C(=O)N5CCN(CCO)CC5)cc4[nH]3)c2)cc1. The van der Waals surface area contributed by atoms with Gasteiger partial charge in [0, 0.05) is 58.1 Å². The summed E-state index contributed by atoms with van der Waals surface area (Å²) in [4.78, 5) is 27.1. The lowest BCUT2D eigenvalue weighted by atomic mass is 10.0. The fourth-order valence-corrected chi connectivity index (χ4v) is 4.63. The number of phenolic OH excluding ortho intramolecular Hbond substituents is 1. The lowest BCUT2D eigenvalue weighted by molar-refractivity contribution is 0.0615. The number of aliphatic hydroxyl groups is 1. The molecule has 5 rings (SSSR count). The van der Waals surface area contributed by atoms with Crippen LogP contribution in [0, 0.1) is 0 Å². The van der Waals surface area contributed by atoms with Gasteiger partial charge in [-0.25, -0.2) is 4.98 Å². The van der Waals surface area contributed by atoms with Crippen LogP contribution in [0.5, 0.6) is 5.75 Å². The van der Waals surface area contributed by atoms with Crippen LogP contribution in [0.15, 0.2) is 60.7 Å². The normalized spacial score (nSPS) is 14.4. The predicted molar refractivity (Wildman–Crippen MR) is 142 cm³/mol. The van der Waals surface area contributed by atoms with Gasteiger partial charge in [0.2, 0.25) is 0 Å². The number of H-pyrrole nitrogens is 1. The Balaban J connectivity index is 1.39. The smallest absolute Gasteiger partial charge is 0.254 e. The van der Waals surface area contributed by atoms with Crippen molar-refractivity contribution in [1.82, 2.24) is 19.8 Å². The molecule has 1 aliphatic rings. The molecule has 0 saturated carbocycles. The number of hydrogen-bond acceptors (Lipinski definition) is 6. The molecule has 4 aromatic rings. The van der Waals surface area contributed by atoms with Crippen LogP contribution in [0.25, 0.3) is 33.5 Å². The Labute approximate surface area is 210 Å². The maximum atomic E-state index is 13.1. The lowest BCUT2D eigenvalue weighted by Gasteiger charge is -2.34. The van der Waals surface area contributed by atoms with Crippen molar-refractivity contribution in [2.45, 2.75) is 0 Å². The van der Waals surface area contributed by atoms with Crippen molar-refractivity contribution in [3.63, 3.8) is 0 Å². The molecule has 36 heavy (non-hydrogen) atoms. The van der Waals surface area contributed by atoms with E-state index in [1.54, 1.807) is 12.1 Å². The van der Waals surface area contributed by atoms with E-state index in [1.165, 1.54) is 0 Å². The number of benzene rings is 3. The van der Waals surface area contributed by atoms with E-state index in [0.29, 0.717) is 36.6 Å². The van der Waals surface area contributed by atoms with Crippen LogP contribution in [-0.4, -0.2) is 89.3 Å². The van der Waals surface area contributed by atoms with E-state index < -0.39 is 0 Å². The van der Waals surface area contributed by atoms with Crippen molar-refractivity contribution in [3.8, 4) is 28.3 Å². The fourth-order valence-electron chi connectivity index (χ4n) is 4.63. The van der Waals surface area contributed by atoms with E-state index in [1.807, 2.05) is 43.3 Å². The largest absolute Gasteiger partial charge is 0.507 e. The summed E-state index contributed by atoms with van der Waals surface area (Å²) < 4.78 is 0. The molecule has 8 nitrogen and oxygen atoms in total. The van der Waals surface area contributed by atoms with Gasteiger partial charge in [-0.15, -0.1) is 0 Å². The summed E-state index contributed by atoms with van der Waals surface area (Å²) in [5.74, 6) is 0.680. The molecule has 1 saturated heterocycles. The van der Waals surface area contributed by atoms with Crippen LogP contribution in [-0.2, 0) is 0 Å². The van der Waals surface area contributed by atoms with Crippen molar-refractivity contribution in [2.24, 2.45) is 0 Å². The van der Waals surface area contributed by atoms with Gasteiger partial charge in [0.15, 0.2) is 0 Å². The molecule has 1 fully saturated rings. The van der Waals surface area contributed by atoms with Crippen LogP contribution in [0.3, 0.4) is 0 Å². The van der Waals surface area contributed by atoms with Crippen LogP contribution >= 0.6 is 0 Å². The van der Waals surface area contributed by atoms with Gasteiger partial charge in [-0.3, -0.25) is 9.69 Å². The van der Waals surface area contributed by atoms with E-state index >= 15 is 0 Å². The molecule has 0 spiro atoms. The first kappa shape index (κ1) is 23.8. The second kappa shape index (κ2) is 10.0. The summed E-state index contributed by atoms with van der Waals surface area (Å²) in [6.07, 6.45) is 0. The highest BCUT2D eigenvalue weighted by molar-refractivity contribution is 5.98. The third kappa shape index (κ3) is 4.78. The number of hydrogen-bond donors (Lipinski definition) is 3. The highest BCUT2D eigenvalue weighted by Crippen LogP contribution is 2.34. The number of carbonyl (C=O) groups is 1. The Morgan fingerprint density at radius 2 is 1.69 bits per heavy atom. The molecular formula is C28H31N5O3. The molecule has 1 amide bonds. The summed E-state index contributed by atoms with van der Waals surface area (Å²) in [5.41, 5.74) is 5.83. The number of aliphatic hydroxyl groups excluding tert-OH is 1. The van der Waals surface area contributed by atoms with Crippen molar-refractivity contribution in [1.29, 1.82) is 0 Å². The van der Waals surface area contributed by atoms with E-state index in [0.717, 1.165) is 40.9 Å². The highest BCUT2D eigenvalue weighted by atomic mass is 16.3. The van der Waals surface area contributed by atoms with Crippen molar-refractivity contribution in [3.05, 3.63) is 66.2 Å². The lowest BCUT2D eigenvalue weighted by Crippen LogP contribution is -2.49. The average Bonchev–Trinajstić information content (AvgIpc) is 3.32. The van der Waals surface area contributed by atoms with Gasteiger partial charge in [-0.05, 0) is 53.6 Å². The van der Waals surface area contributed by atoms with Gasteiger partial charge in [0.25, 0.3) is 5.91 Å². The standard InChI is InChI=1S/C28H31N5O3/c1-31(2)22-7-3-19(4-8-22)20-6-10-26(35)23(17-20)27-29-24-9-5-21(18-25(24)30-27)28(36)33-13-11-32(12-14-33)15-16-34/h3-10,17-18,34-35H,11-16H2,1-2H3,(H,29,30). The molecule has 0 unspecified atom stereocenters. The molecule has 0 aliphatic carbocycles. The molecular weight excluding hydrogens is 454 g/mol. The Morgan fingerprint density at radius 1 is 0.972 bits per heavy atom. The van der Waals surface area contributed by atoms with E-state index in [4.69, 9.17) is 5.11 Å². The number of phenols is 1. The minimum atomic E-state index is -0.0114. The third-order valence-electron chi connectivity index (χ3n) is 6.77. The number of piperazine rings is 1. The molecule has 186 valence electrons. The second-order valence-electron chi connectivity index (χ2n) is 9.35. The number of rotatable bonds is 6. The third-order valence-corrected chi connectivity index (χ3v) is 6.77. The van der Waals surface area contributed by atoms with Gasteiger partial charge < -0.3 is 25.0 Å². The topological polar surface area (TPSA) is 95.9 Å². The highest BCUT2D eigenvalue weighted by Gasteiger charge is 2.22. The Bertz CT molecular complexity index is 1370. The van der Waals surface area contributed by atoms with E-state index in [-0.39, 0.29) is 18.3 Å². The van der Waals surface area contributed by atoms with Crippen LogP contribution in [0.1, 0.15) is 10.4 Å². The first-order chi connectivity index (χ1) is 17.4. The Hall–Kier alpha value is -3.88. The quantitative estimate of drug-likeness (QED) is 0.387. The number of aromatic amines is 1. The molecule has 1 aromatic heterocycles. The van der Waals surface area contributed by atoms with E-state index in [9.17, 15) is 9.90 Å². The van der Waals surface area contributed by atoms with Gasteiger partial charge in [-0.1, -0.05) is 18.2 Å². The zero-order valence-corrected chi connectivity index (χ0v) is 20.6. The Kier molecular flexibility index (Phi) is 6.63. The molecule has 1 aliphatic heterocycles. The summed E-state index contributed by atoms with van der Waals surface area (Å²) in [6, 6.07) is 19.2. The number of aromatic hydroxyl groups is 1. The molecule has 0 radical (unpaired) electrons. The first-order valence-electron chi connectivity index (χ1n) is 12.2. The number of anilines is 1. The van der Waals surface area contributed by atoms with Crippen LogP contribution < -0.4 is 4.90 Å². The second-order valence-corrected chi connectivity index (χ2v) is 9.35. The number of β-amino-alcohol motifs (C(OH)–C–C–N with tert-alkyl or cyclic N) is 1. The van der Waals surface area contributed by atoms with Crippen LogP contribution in [0.4, 0.5) is 5.69 Å². The molecule has 3 N–H and O–H groups in total. The van der Waals surface area contributed by atoms with Gasteiger partial charge >= 0.3 is 0 Å². The zero-order valence-electron chi connectivity index (χ0n) is 20.6. The molecule has 0 bridgehead atoms. The molecule has 3 aromatic carbocycles. The summed E-state index contributed by atoms with van der Waals surface area (Å²) >= 11 is 0. The summed E-state index contributed by atoms with van der Waals surface area (Å²) in [6.45, 7) is 3.57.